The van der Waals surface area contributed by atoms with Gasteiger partial charge in [-0.3, -0.25) is 4.79 Å². The fourth-order valence-electron chi connectivity index (χ4n) is 3.72. The molecule has 0 saturated carbocycles. The summed E-state index contributed by atoms with van der Waals surface area (Å²) in [6.45, 7) is 7.15. The zero-order valence-electron chi connectivity index (χ0n) is 13.0. The van der Waals surface area contributed by atoms with Crippen molar-refractivity contribution in [3.05, 3.63) is 18.7 Å². The lowest BCUT2D eigenvalue weighted by Gasteiger charge is -2.40. The summed E-state index contributed by atoms with van der Waals surface area (Å²) in [5.74, 6) is 1.16. The zero-order valence-corrected chi connectivity index (χ0v) is 13.0. The van der Waals surface area contributed by atoms with Crippen LogP contribution in [0.5, 0.6) is 0 Å². The van der Waals surface area contributed by atoms with E-state index in [-0.39, 0.29) is 5.92 Å². The first kappa shape index (κ1) is 14.6. The summed E-state index contributed by atoms with van der Waals surface area (Å²) in [4.78, 5) is 19.0. The van der Waals surface area contributed by atoms with Crippen molar-refractivity contribution >= 4 is 5.91 Å². The van der Waals surface area contributed by atoms with Crippen LogP contribution < -0.4 is 5.32 Å². The van der Waals surface area contributed by atoms with Gasteiger partial charge in [-0.1, -0.05) is 6.92 Å². The molecule has 5 nitrogen and oxygen atoms in total. The van der Waals surface area contributed by atoms with Crippen molar-refractivity contribution < 1.29 is 4.79 Å². The number of imidazole rings is 1. The maximum atomic E-state index is 12.8. The zero-order chi connectivity index (χ0) is 14.8. The molecule has 116 valence electrons. The van der Waals surface area contributed by atoms with Gasteiger partial charge in [-0.05, 0) is 38.6 Å². The number of hydrogen-bond acceptors (Lipinski definition) is 3. The van der Waals surface area contributed by atoms with E-state index in [1.54, 1.807) is 0 Å². The standard InChI is InChI=1S/C16H26N4O/c1-12-4-7-19(10-15(12)20-8-6-17-11-20)16(21)14-3-5-18-13(2)9-14/h6,8,11-15,18H,3-5,7,9-10H2,1-2H3/t12?,13-,14-,15?/m0/s1. The van der Waals surface area contributed by atoms with Crippen LogP contribution >= 0.6 is 0 Å². The molecule has 2 unspecified atom stereocenters. The van der Waals surface area contributed by atoms with E-state index in [9.17, 15) is 4.79 Å². The van der Waals surface area contributed by atoms with Crippen molar-refractivity contribution in [1.82, 2.24) is 19.8 Å². The summed E-state index contributed by atoms with van der Waals surface area (Å²) in [7, 11) is 0. The monoisotopic (exact) mass is 290 g/mol. The highest BCUT2D eigenvalue weighted by molar-refractivity contribution is 5.79. The quantitative estimate of drug-likeness (QED) is 0.901. The summed E-state index contributed by atoms with van der Waals surface area (Å²) in [6.07, 6.45) is 8.74. The molecule has 2 aliphatic heterocycles. The molecular weight excluding hydrogens is 264 g/mol. The minimum atomic E-state index is 0.207. The van der Waals surface area contributed by atoms with E-state index >= 15 is 0 Å². The lowest BCUT2D eigenvalue weighted by molar-refractivity contribution is -0.139. The minimum absolute atomic E-state index is 0.207. The third-order valence-electron chi connectivity index (χ3n) is 5.11. The normalized spacial score (nSPS) is 33.9. The molecule has 3 heterocycles. The molecule has 1 amide bonds. The van der Waals surface area contributed by atoms with E-state index in [0.29, 0.717) is 23.9 Å². The highest BCUT2D eigenvalue weighted by Gasteiger charge is 2.34. The van der Waals surface area contributed by atoms with Gasteiger partial charge in [-0.15, -0.1) is 0 Å². The molecule has 1 N–H and O–H groups in total. The van der Waals surface area contributed by atoms with E-state index in [0.717, 1.165) is 38.9 Å². The van der Waals surface area contributed by atoms with E-state index in [2.05, 4.69) is 33.6 Å². The van der Waals surface area contributed by atoms with E-state index in [1.165, 1.54) is 0 Å². The van der Waals surface area contributed by atoms with Gasteiger partial charge in [0.1, 0.15) is 0 Å². The van der Waals surface area contributed by atoms with Crippen molar-refractivity contribution in [2.75, 3.05) is 19.6 Å². The summed E-state index contributed by atoms with van der Waals surface area (Å²) < 4.78 is 2.16. The summed E-state index contributed by atoms with van der Waals surface area (Å²) in [5, 5.41) is 3.42. The second-order valence-corrected chi connectivity index (χ2v) is 6.70. The number of likely N-dealkylation sites (tertiary alicyclic amines) is 1. The number of amides is 1. The van der Waals surface area contributed by atoms with Crippen LogP contribution in [0.2, 0.25) is 0 Å². The summed E-state index contributed by atoms with van der Waals surface area (Å²) in [6, 6.07) is 0.824. The Kier molecular flexibility index (Phi) is 4.29. The molecule has 5 heteroatoms. The highest BCUT2D eigenvalue weighted by Crippen LogP contribution is 2.29. The number of carbonyl (C=O) groups is 1. The predicted octanol–water partition coefficient (Wildman–Crippen LogP) is 1.68. The van der Waals surface area contributed by atoms with Crippen LogP contribution in [0.25, 0.3) is 0 Å². The molecule has 3 rings (SSSR count). The molecule has 2 aliphatic rings. The number of rotatable bonds is 2. The van der Waals surface area contributed by atoms with Crippen LogP contribution in [0.4, 0.5) is 0 Å². The Bertz CT molecular complexity index is 473. The minimum Gasteiger partial charge on any atom is -0.340 e. The fraction of sp³-hybridized carbons (Fsp3) is 0.750. The molecule has 1 aromatic heterocycles. The van der Waals surface area contributed by atoms with Crippen LogP contribution in [0.3, 0.4) is 0 Å². The van der Waals surface area contributed by atoms with Crippen molar-refractivity contribution in [3.8, 4) is 0 Å². The van der Waals surface area contributed by atoms with Gasteiger partial charge < -0.3 is 14.8 Å². The third kappa shape index (κ3) is 3.12. The number of piperidine rings is 2. The number of nitrogens with zero attached hydrogens (tertiary/aromatic N) is 3. The Morgan fingerprint density at radius 2 is 2.19 bits per heavy atom. The van der Waals surface area contributed by atoms with Crippen LogP contribution in [0.1, 0.15) is 39.2 Å². The smallest absolute Gasteiger partial charge is 0.225 e. The van der Waals surface area contributed by atoms with Gasteiger partial charge >= 0.3 is 0 Å². The van der Waals surface area contributed by atoms with Gasteiger partial charge in [0.05, 0.1) is 12.4 Å². The molecule has 2 saturated heterocycles. The molecule has 0 spiro atoms. The SMILES string of the molecule is CC1CCN(C(=O)[C@H]2CCN[C@@H](C)C2)CC1n1ccnc1. The Morgan fingerprint density at radius 3 is 2.90 bits per heavy atom. The second-order valence-electron chi connectivity index (χ2n) is 6.70. The summed E-state index contributed by atoms with van der Waals surface area (Å²) in [5.41, 5.74) is 0. The highest BCUT2D eigenvalue weighted by atomic mass is 16.2. The van der Waals surface area contributed by atoms with Gasteiger partial charge in [0.2, 0.25) is 5.91 Å². The van der Waals surface area contributed by atoms with Crippen molar-refractivity contribution in [1.29, 1.82) is 0 Å². The molecular formula is C16H26N4O. The average Bonchev–Trinajstić information content (AvgIpc) is 3.01. The lowest BCUT2D eigenvalue weighted by Crippen LogP contribution is -2.49. The average molecular weight is 290 g/mol. The molecule has 0 aromatic carbocycles. The maximum Gasteiger partial charge on any atom is 0.225 e. The largest absolute Gasteiger partial charge is 0.340 e. The number of hydrogen-bond donors (Lipinski definition) is 1. The number of nitrogens with one attached hydrogen (secondary N) is 1. The molecule has 21 heavy (non-hydrogen) atoms. The number of aromatic nitrogens is 2. The number of carbonyl (C=O) groups excluding carboxylic acids is 1. The van der Waals surface area contributed by atoms with Crippen LogP contribution in [0, 0.1) is 11.8 Å². The molecule has 1 aromatic rings. The topological polar surface area (TPSA) is 50.2 Å². The molecule has 4 atom stereocenters. The van der Waals surface area contributed by atoms with Crippen molar-refractivity contribution in [2.24, 2.45) is 11.8 Å². The maximum absolute atomic E-state index is 12.8. The first-order valence-electron chi connectivity index (χ1n) is 8.14. The molecule has 0 aliphatic carbocycles. The second kappa shape index (κ2) is 6.18. The molecule has 0 bridgehead atoms. The van der Waals surface area contributed by atoms with Gasteiger partial charge in [0.25, 0.3) is 0 Å². The van der Waals surface area contributed by atoms with Gasteiger partial charge in [-0.2, -0.15) is 0 Å². The molecule has 2 fully saturated rings. The lowest BCUT2D eigenvalue weighted by atomic mass is 9.89. The molecule has 0 radical (unpaired) electrons. The Labute approximate surface area is 126 Å². The summed E-state index contributed by atoms with van der Waals surface area (Å²) >= 11 is 0. The van der Waals surface area contributed by atoms with Gasteiger partial charge in [-0.25, -0.2) is 4.98 Å². The van der Waals surface area contributed by atoms with E-state index in [1.807, 2.05) is 18.7 Å². The fourth-order valence-corrected chi connectivity index (χ4v) is 3.72. The van der Waals surface area contributed by atoms with Crippen LogP contribution in [0.15, 0.2) is 18.7 Å². The predicted molar refractivity (Wildman–Crippen MR) is 81.8 cm³/mol. The van der Waals surface area contributed by atoms with Crippen molar-refractivity contribution in [2.45, 2.75) is 45.2 Å². The third-order valence-corrected chi connectivity index (χ3v) is 5.11. The van der Waals surface area contributed by atoms with Gasteiger partial charge in [0, 0.05) is 37.4 Å². The van der Waals surface area contributed by atoms with E-state index < -0.39 is 0 Å². The first-order chi connectivity index (χ1) is 10.1. The van der Waals surface area contributed by atoms with Crippen molar-refractivity contribution in [3.63, 3.8) is 0 Å². The van der Waals surface area contributed by atoms with Crippen LogP contribution in [-0.2, 0) is 4.79 Å². The van der Waals surface area contributed by atoms with Gasteiger partial charge in [0.15, 0.2) is 0 Å². The Hall–Kier alpha value is -1.36. The Balaban J connectivity index is 1.67. The van der Waals surface area contributed by atoms with Crippen LogP contribution in [-0.4, -0.2) is 46.0 Å². The first-order valence-corrected chi connectivity index (χ1v) is 8.14. The van der Waals surface area contributed by atoms with E-state index in [4.69, 9.17) is 0 Å². The Morgan fingerprint density at radius 1 is 1.33 bits per heavy atom.